The molecule has 1 rings (SSSR count). The molecule has 0 saturated heterocycles. The van der Waals surface area contributed by atoms with Crippen molar-refractivity contribution in [2.24, 2.45) is 0 Å². The van der Waals surface area contributed by atoms with Crippen molar-refractivity contribution in [3.8, 4) is 0 Å². The number of ether oxygens (including phenoxy) is 1. The van der Waals surface area contributed by atoms with Crippen LogP contribution in [0.2, 0.25) is 0 Å². The van der Waals surface area contributed by atoms with Crippen LogP contribution in [0.3, 0.4) is 0 Å². The van der Waals surface area contributed by atoms with Gasteiger partial charge in [-0.05, 0) is 11.0 Å². The number of carbonyl (C=O) groups excluding carboxylic acids is 2. The predicted molar refractivity (Wildman–Crippen MR) is 43.9 cm³/mol. The summed E-state index contributed by atoms with van der Waals surface area (Å²) in [5.41, 5.74) is 0. The maximum Gasteiger partial charge on any atom is 3.00 e. The summed E-state index contributed by atoms with van der Waals surface area (Å²) in [6.45, 7) is 0. The Morgan fingerprint density at radius 1 is 1.07 bits per heavy atom. The molecule has 0 N–H and O–H groups in total. The van der Waals surface area contributed by atoms with Crippen LogP contribution >= 0.6 is 0 Å². The number of hydrogen-bond donors (Lipinski definition) is 0. The third-order valence-corrected chi connectivity index (χ3v) is 0.722. The van der Waals surface area contributed by atoms with E-state index < -0.39 is 12.3 Å². The monoisotopic (exact) mass is 259 g/mol. The van der Waals surface area contributed by atoms with Crippen molar-refractivity contribution >= 4 is 23.3 Å². The van der Waals surface area contributed by atoms with E-state index in [1.807, 2.05) is 30.3 Å². The Bertz CT molecular complexity index is 207. The number of carboxylic acid groups (broad SMARTS) is 2. The summed E-state index contributed by atoms with van der Waals surface area (Å²) >= 11 is 0. The second kappa shape index (κ2) is 11.8. The molecule has 0 unspecified atom stereocenters. The molecule has 7 heteroatoms. The largest absolute Gasteiger partial charge is 3.00 e. The Morgan fingerprint density at radius 3 is 1.50 bits per heavy atom. The molecule has 0 bridgehead atoms. The summed E-state index contributed by atoms with van der Waals surface area (Å²) in [6, 6.07) is 10.0. The van der Waals surface area contributed by atoms with Crippen LogP contribution in [0.5, 0.6) is 0 Å². The fourth-order valence-corrected chi connectivity index (χ4v) is 0.389. The Labute approximate surface area is 95.3 Å². The van der Waals surface area contributed by atoms with Crippen LogP contribution in [-0.4, -0.2) is 23.3 Å². The minimum atomic E-state index is -2.12. The summed E-state index contributed by atoms with van der Waals surface area (Å²) in [4.78, 5) is 18.1. The number of carbonyl (C=O) groups is 2. The number of hydrogen-bond acceptors (Lipinski definition) is 5. The SMILES string of the molecule is O=C([O-])OC(=O)[O-].[Co+3].[SiH3].c1cc[cH-]c1. The van der Waals surface area contributed by atoms with Crippen LogP contribution in [0.15, 0.2) is 30.3 Å². The molecule has 0 aliphatic rings. The molecular weight excluding hydrogens is 251 g/mol. The van der Waals surface area contributed by atoms with Gasteiger partial charge in [-0.3, -0.25) is 0 Å². The third-order valence-electron chi connectivity index (χ3n) is 0.722. The van der Waals surface area contributed by atoms with E-state index in [9.17, 15) is 0 Å². The molecule has 1 aromatic carbocycles. The van der Waals surface area contributed by atoms with Gasteiger partial charge in [0.25, 0.3) is 12.3 Å². The first-order valence-corrected chi connectivity index (χ1v) is 2.89. The van der Waals surface area contributed by atoms with Crippen molar-refractivity contribution < 1.29 is 41.3 Å². The van der Waals surface area contributed by atoms with Gasteiger partial charge in [-0.1, -0.05) is 0 Å². The van der Waals surface area contributed by atoms with Gasteiger partial charge in [-0.25, -0.2) is 12.1 Å². The Balaban J connectivity index is -0.000000155. The van der Waals surface area contributed by atoms with Crippen molar-refractivity contribution in [2.45, 2.75) is 0 Å². The molecule has 14 heavy (non-hydrogen) atoms. The zero-order valence-electron chi connectivity index (χ0n) is 7.26. The minimum absolute atomic E-state index is 0. The van der Waals surface area contributed by atoms with Gasteiger partial charge in [0.2, 0.25) is 0 Å². The van der Waals surface area contributed by atoms with Crippen LogP contribution in [0.4, 0.5) is 9.59 Å². The first-order valence-electron chi connectivity index (χ1n) is 2.89. The van der Waals surface area contributed by atoms with E-state index in [-0.39, 0.29) is 27.7 Å². The Morgan fingerprint density at radius 2 is 1.43 bits per heavy atom. The van der Waals surface area contributed by atoms with Gasteiger partial charge < -0.3 is 24.5 Å². The molecular formula is C7H8CoO5Si. The first-order chi connectivity index (χ1) is 5.63. The van der Waals surface area contributed by atoms with Gasteiger partial charge in [0.05, 0.1) is 0 Å². The first kappa shape index (κ1) is 18.6. The molecule has 0 aliphatic heterocycles. The maximum absolute atomic E-state index is 9.06. The molecule has 5 nitrogen and oxygen atoms in total. The quantitative estimate of drug-likeness (QED) is 0.230. The second-order valence-corrected chi connectivity index (χ2v) is 1.56. The average Bonchev–Trinajstić information content (AvgIpc) is 2.36. The standard InChI is InChI=1S/C5H5.C2H2O5.Co.H3Si/c1-2-4-5-3-1;3-1(4)7-2(5)6;;/h1-5H;(H,3,4)(H,5,6);;1H3/q-1;;+3;/p-2. The molecule has 0 saturated carbocycles. The zero-order chi connectivity index (χ0) is 9.40. The number of rotatable bonds is 0. The third kappa shape index (κ3) is 17.1. The Kier molecular flexibility index (Phi) is 15.7. The van der Waals surface area contributed by atoms with E-state index in [1.54, 1.807) is 0 Å². The second-order valence-electron chi connectivity index (χ2n) is 1.56. The fourth-order valence-electron chi connectivity index (χ4n) is 0.389. The van der Waals surface area contributed by atoms with Crippen LogP contribution in [0.1, 0.15) is 0 Å². The molecule has 1 aromatic rings. The molecule has 1 radical (unpaired) electrons. The summed E-state index contributed by atoms with van der Waals surface area (Å²) in [6.07, 6.45) is -4.25. The summed E-state index contributed by atoms with van der Waals surface area (Å²) in [5, 5.41) is 18.1. The normalized spacial score (nSPS) is 6.57. The van der Waals surface area contributed by atoms with Crippen LogP contribution in [-0.2, 0) is 21.5 Å². The average molecular weight is 259 g/mol. The molecule has 0 heterocycles. The fraction of sp³-hybridized carbons (Fsp3) is 0. The van der Waals surface area contributed by atoms with E-state index in [4.69, 9.17) is 19.8 Å². The molecule has 79 valence electrons. The van der Waals surface area contributed by atoms with E-state index in [1.165, 1.54) is 0 Å². The van der Waals surface area contributed by atoms with E-state index in [0.717, 1.165) is 0 Å². The zero-order valence-corrected chi connectivity index (χ0v) is 10.3. The van der Waals surface area contributed by atoms with Crippen molar-refractivity contribution in [1.82, 2.24) is 0 Å². The molecule has 0 amide bonds. The predicted octanol–water partition coefficient (Wildman–Crippen LogP) is -2.09. The van der Waals surface area contributed by atoms with Crippen molar-refractivity contribution in [1.29, 1.82) is 0 Å². The van der Waals surface area contributed by atoms with Gasteiger partial charge in [0.1, 0.15) is 0 Å². The van der Waals surface area contributed by atoms with E-state index >= 15 is 0 Å². The summed E-state index contributed by atoms with van der Waals surface area (Å²) < 4.78 is 2.86. The Hall–Kier alpha value is -1.19. The van der Waals surface area contributed by atoms with Crippen molar-refractivity contribution in [3.63, 3.8) is 0 Å². The van der Waals surface area contributed by atoms with Crippen molar-refractivity contribution in [2.75, 3.05) is 0 Å². The molecule has 0 atom stereocenters. The van der Waals surface area contributed by atoms with Crippen LogP contribution in [0.25, 0.3) is 0 Å². The van der Waals surface area contributed by atoms with Crippen LogP contribution < -0.4 is 10.2 Å². The molecule has 0 aromatic heterocycles. The van der Waals surface area contributed by atoms with Crippen molar-refractivity contribution in [3.05, 3.63) is 30.3 Å². The minimum Gasteiger partial charge on any atom is -0.483 e. The molecule has 0 fully saturated rings. The maximum atomic E-state index is 9.06. The van der Waals surface area contributed by atoms with Gasteiger partial charge in [0.15, 0.2) is 0 Å². The van der Waals surface area contributed by atoms with Gasteiger partial charge in [-0.15, -0.1) is 0 Å². The van der Waals surface area contributed by atoms with Crippen LogP contribution in [0, 0.1) is 0 Å². The topological polar surface area (TPSA) is 89.5 Å². The van der Waals surface area contributed by atoms with Gasteiger partial charge >= 0.3 is 16.8 Å². The van der Waals surface area contributed by atoms with E-state index in [0.29, 0.717) is 0 Å². The van der Waals surface area contributed by atoms with Gasteiger partial charge in [0, 0.05) is 0 Å². The molecule has 0 aliphatic carbocycles. The summed E-state index contributed by atoms with van der Waals surface area (Å²) in [5.74, 6) is 0. The van der Waals surface area contributed by atoms with E-state index in [2.05, 4.69) is 4.74 Å². The smallest absolute Gasteiger partial charge is 0.483 e. The molecule has 0 spiro atoms. The summed E-state index contributed by atoms with van der Waals surface area (Å²) in [7, 11) is 0. The van der Waals surface area contributed by atoms with Gasteiger partial charge in [-0.2, -0.15) is 18.2 Å².